The summed E-state index contributed by atoms with van der Waals surface area (Å²) in [5.41, 5.74) is 0.569. The summed E-state index contributed by atoms with van der Waals surface area (Å²) in [5, 5.41) is 4.65. The molecule has 0 spiro atoms. The molecule has 0 radical (unpaired) electrons. The second-order valence-electron chi connectivity index (χ2n) is 6.64. The standard InChI is InChI=1S/C17H27N5O2/c1-6-17(7-2)12(9-13(17)24-8-3)21(4)16-19-14-11(15(23)20-16)10-18-22(14)5/h10,12-13H,6-9H2,1-5H3,(H,19,20,23). The van der Waals surface area contributed by atoms with Crippen molar-refractivity contribution in [2.45, 2.75) is 52.2 Å². The maximum Gasteiger partial charge on any atom is 0.263 e. The number of H-pyrrole nitrogens is 1. The van der Waals surface area contributed by atoms with Gasteiger partial charge in [0.05, 0.1) is 12.3 Å². The smallest absolute Gasteiger partial charge is 0.263 e. The third-order valence-electron chi connectivity index (χ3n) is 5.82. The molecule has 1 aliphatic carbocycles. The second kappa shape index (κ2) is 6.20. The molecule has 2 aromatic rings. The zero-order valence-electron chi connectivity index (χ0n) is 15.2. The van der Waals surface area contributed by atoms with Crippen LogP contribution in [0.3, 0.4) is 0 Å². The van der Waals surface area contributed by atoms with Crippen molar-refractivity contribution >= 4 is 17.0 Å². The summed E-state index contributed by atoms with van der Waals surface area (Å²) in [5.74, 6) is 0.599. The highest BCUT2D eigenvalue weighted by atomic mass is 16.5. The van der Waals surface area contributed by atoms with E-state index in [4.69, 9.17) is 4.74 Å². The summed E-state index contributed by atoms with van der Waals surface area (Å²) in [4.78, 5) is 22.0. The van der Waals surface area contributed by atoms with Crippen LogP contribution in [-0.4, -0.2) is 45.5 Å². The van der Waals surface area contributed by atoms with Crippen LogP contribution < -0.4 is 10.5 Å². The number of aromatic amines is 1. The minimum absolute atomic E-state index is 0.102. The van der Waals surface area contributed by atoms with Gasteiger partial charge in [0.25, 0.3) is 5.56 Å². The number of aromatic nitrogens is 4. The average Bonchev–Trinajstić information content (AvgIpc) is 2.94. The number of hydrogen-bond acceptors (Lipinski definition) is 5. The lowest BCUT2D eigenvalue weighted by molar-refractivity contribution is -0.128. The molecule has 0 aromatic carbocycles. The van der Waals surface area contributed by atoms with Crippen LogP contribution in [0.2, 0.25) is 0 Å². The quantitative estimate of drug-likeness (QED) is 0.876. The third-order valence-corrected chi connectivity index (χ3v) is 5.82. The first-order valence-corrected chi connectivity index (χ1v) is 8.74. The van der Waals surface area contributed by atoms with Crippen LogP contribution in [0.5, 0.6) is 0 Å². The van der Waals surface area contributed by atoms with Gasteiger partial charge >= 0.3 is 0 Å². The minimum Gasteiger partial charge on any atom is -0.378 e. The van der Waals surface area contributed by atoms with Gasteiger partial charge in [-0.1, -0.05) is 13.8 Å². The minimum atomic E-state index is -0.144. The molecule has 24 heavy (non-hydrogen) atoms. The number of nitrogens with zero attached hydrogens (tertiary/aromatic N) is 4. The summed E-state index contributed by atoms with van der Waals surface area (Å²) in [6, 6.07) is 0.304. The van der Waals surface area contributed by atoms with Gasteiger partial charge in [0.15, 0.2) is 5.65 Å². The molecule has 0 amide bonds. The molecule has 1 fully saturated rings. The number of aryl methyl sites for hydroxylation is 1. The lowest BCUT2D eigenvalue weighted by Gasteiger charge is -2.58. The molecular weight excluding hydrogens is 306 g/mol. The summed E-state index contributed by atoms with van der Waals surface area (Å²) >= 11 is 0. The maximum absolute atomic E-state index is 12.3. The Bertz CT molecular complexity index is 777. The molecule has 2 atom stereocenters. The normalized spacial score (nSPS) is 22.5. The van der Waals surface area contributed by atoms with Gasteiger partial charge in [-0.05, 0) is 26.2 Å². The SMILES string of the molecule is CCOC1CC(N(C)c2nc3c(cnn3C)c(=O)[nH]2)C1(CC)CC. The van der Waals surface area contributed by atoms with Crippen molar-refractivity contribution in [2.24, 2.45) is 12.5 Å². The molecule has 2 unspecified atom stereocenters. The Labute approximate surface area is 142 Å². The highest BCUT2D eigenvalue weighted by molar-refractivity contribution is 5.74. The van der Waals surface area contributed by atoms with E-state index >= 15 is 0 Å². The van der Waals surface area contributed by atoms with Crippen LogP contribution in [0.1, 0.15) is 40.0 Å². The van der Waals surface area contributed by atoms with E-state index < -0.39 is 0 Å². The van der Waals surface area contributed by atoms with Gasteiger partial charge in [0.2, 0.25) is 5.95 Å². The van der Waals surface area contributed by atoms with Crippen molar-refractivity contribution in [3.63, 3.8) is 0 Å². The number of nitrogens with one attached hydrogen (secondary N) is 1. The molecule has 1 aliphatic rings. The van der Waals surface area contributed by atoms with E-state index in [9.17, 15) is 4.79 Å². The van der Waals surface area contributed by atoms with Crippen LogP contribution in [0.15, 0.2) is 11.0 Å². The molecule has 7 heteroatoms. The molecule has 7 nitrogen and oxygen atoms in total. The fourth-order valence-corrected chi connectivity index (χ4v) is 4.22. The van der Waals surface area contributed by atoms with Crippen molar-refractivity contribution in [1.29, 1.82) is 0 Å². The zero-order valence-corrected chi connectivity index (χ0v) is 15.2. The Balaban J connectivity index is 1.95. The molecule has 0 bridgehead atoms. The van der Waals surface area contributed by atoms with Gasteiger partial charge in [-0.25, -0.2) is 0 Å². The monoisotopic (exact) mass is 333 g/mol. The topological polar surface area (TPSA) is 76.0 Å². The molecule has 132 valence electrons. The first kappa shape index (κ1) is 17.0. The van der Waals surface area contributed by atoms with Gasteiger partial charge in [-0.2, -0.15) is 10.1 Å². The number of rotatable bonds is 6. The zero-order chi connectivity index (χ0) is 17.5. The van der Waals surface area contributed by atoms with E-state index in [0.29, 0.717) is 23.0 Å². The maximum atomic E-state index is 12.3. The summed E-state index contributed by atoms with van der Waals surface area (Å²) in [7, 11) is 3.81. The first-order valence-electron chi connectivity index (χ1n) is 8.74. The predicted octanol–water partition coefficient (Wildman–Crippen LogP) is 2.08. The number of fused-ring (bicyclic) bond motifs is 1. The van der Waals surface area contributed by atoms with Gasteiger partial charge in [-0.15, -0.1) is 0 Å². The fourth-order valence-electron chi connectivity index (χ4n) is 4.22. The van der Waals surface area contributed by atoms with Crippen molar-refractivity contribution in [1.82, 2.24) is 19.7 Å². The van der Waals surface area contributed by atoms with Crippen LogP contribution in [0.25, 0.3) is 11.0 Å². The summed E-state index contributed by atoms with van der Waals surface area (Å²) in [6.45, 7) is 7.22. The van der Waals surface area contributed by atoms with Crippen LogP contribution >= 0.6 is 0 Å². The highest BCUT2D eigenvalue weighted by Crippen LogP contribution is 2.51. The van der Waals surface area contributed by atoms with E-state index in [-0.39, 0.29) is 17.1 Å². The number of hydrogen-bond donors (Lipinski definition) is 1. The van der Waals surface area contributed by atoms with Gasteiger partial charge < -0.3 is 9.64 Å². The molecule has 0 saturated heterocycles. The second-order valence-corrected chi connectivity index (χ2v) is 6.64. The lowest BCUT2D eigenvalue weighted by atomic mass is 9.58. The van der Waals surface area contributed by atoms with Crippen LogP contribution in [0, 0.1) is 5.41 Å². The summed E-state index contributed by atoms with van der Waals surface area (Å²) in [6.07, 6.45) is 4.88. The van der Waals surface area contributed by atoms with Gasteiger partial charge in [0, 0.05) is 32.2 Å². The molecular formula is C17H27N5O2. The van der Waals surface area contributed by atoms with E-state index in [1.165, 1.54) is 0 Å². The lowest BCUT2D eigenvalue weighted by Crippen LogP contribution is -2.64. The van der Waals surface area contributed by atoms with E-state index in [1.807, 2.05) is 14.0 Å². The Morgan fingerprint density at radius 1 is 1.42 bits per heavy atom. The predicted molar refractivity (Wildman–Crippen MR) is 94.4 cm³/mol. The molecule has 3 rings (SSSR count). The van der Waals surface area contributed by atoms with Crippen molar-refractivity contribution in [2.75, 3.05) is 18.6 Å². The van der Waals surface area contributed by atoms with Gasteiger partial charge in [-0.3, -0.25) is 14.5 Å². The largest absolute Gasteiger partial charge is 0.378 e. The Morgan fingerprint density at radius 3 is 2.75 bits per heavy atom. The first-order chi connectivity index (χ1) is 11.5. The highest BCUT2D eigenvalue weighted by Gasteiger charge is 2.55. The van der Waals surface area contributed by atoms with Gasteiger partial charge in [0.1, 0.15) is 5.39 Å². The van der Waals surface area contributed by atoms with Crippen molar-refractivity contribution in [3.05, 3.63) is 16.6 Å². The molecule has 2 heterocycles. The third kappa shape index (κ3) is 2.33. The Kier molecular flexibility index (Phi) is 4.38. The number of anilines is 1. The fraction of sp³-hybridized carbons (Fsp3) is 0.706. The van der Waals surface area contributed by atoms with E-state index in [2.05, 4.69) is 33.8 Å². The van der Waals surface area contributed by atoms with E-state index in [1.54, 1.807) is 17.9 Å². The Hall–Kier alpha value is -1.89. The molecule has 2 aromatic heterocycles. The van der Waals surface area contributed by atoms with Crippen LogP contribution in [-0.2, 0) is 11.8 Å². The summed E-state index contributed by atoms with van der Waals surface area (Å²) < 4.78 is 7.60. The van der Waals surface area contributed by atoms with E-state index in [0.717, 1.165) is 25.9 Å². The molecule has 1 saturated carbocycles. The van der Waals surface area contributed by atoms with Crippen molar-refractivity contribution in [3.8, 4) is 0 Å². The average molecular weight is 333 g/mol. The molecule has 0 aliphatic heterocycles. The Morgan fingerprint density at radius 2 is 2.12 bits per heavy atom. The van der Waals surface area contributed by atoms with Crippen molar-refractivity contribution < 1.29 is 4.74 Å². The molecule has 1 N–H and O–H groups in total. The van der Waals surface area contributed by atoms with Crippen LogP contribution in [0.4, 0.5) is 5.95 Å². The number of ether oxygens (including phenoxy) is 1.